The molecule has 0 radical (unpaired) electrons. The number of carbonyl (C=O) groups is 1. The largest absolute Gasteiger partial charge is 0.309 e. The average molecular weight is 321 g/mol. The quantitative estimate of drug-likeness (QED) is 0.696. The van der Waals surface area contributed by atoms with E-state index in [-0.39, 0.29) is 5.91 Å². The number of H-pyrrole nitrogens is 1. The van der Waals surface area contributed by atoms with E-state index in [9.17, 15) is 4.79 Å². The van der Waals surface area contributed by atoms with Gasteiger partial charge in [-0.25, -0.2) is 0 Å². The number of unbranched alkanes of at least 4 members (excludes halogenated alkanes) is 1. The summed E-state index contributed by atoms with van der Waals surface area (Å²) in [5.41, 5.74) is 5.78. The number of aryl methyl sites for hydroxylation is 2. The van der Waals surface area contributed by atoms with Crippen LogP contribution in [-0.4, -0.2) is 16.1 Å². The SMILES string of the molecule is CCCCC(=O)Nc1n[nH]c2cc(-c3cc(C)ccc3C)ccc12. The van der Waals surface area contributed by atoms with Crippen molar-refractivity contribution in [1.82, 2.24) is 10.2 Å². The Kier molecular flexibility index (Phi) is 4.65. The van der Waals surface area contributed by atoms with Crippen LogP contribution in [0.25, 0.3) is 22.0 Å². The maximum absolute atomic E-state index is 11.9. The van der Waals surface area contributed by atoms with Gasteiger partial charge in [-0.05, 0) is 49.1 Å². The molecule has 0 unspecified atom stereocenters. The summed E-state index contributed by atoms with van der Waals surface area (Å²) < 4.78 is 0. The lowest BCUT2D eigenvalue weighted by atomic mass is 9.98. The molecule has 0 bridgehead atoms. The van der Waals surface area contributed by atoms with E-state index in [4.69, 9.17) is 0 Å². The summed E-state index contributed by atoms with van der Waals surface area (Å²) in [5.74, 6) is 0.627. The van der Waals surface area contributed by atoms with Gasteiger partial charge >= 0.3 is 0 Å². The molecule has 0 saturated heterocycles. The summed E-state index contributed by atoms with van der Waals surface area (Å²) in [6, 6.07) is 12.7. The first-order valence-electron chi connectivity index (χ1n) is 8.44. The first kappa shape index (κ1) is 16.2. The van der Waals surface area contributed by atoms with Gasteiger partial charge in [0.25, 0.3) is 0 Å². The maximum Gasteiger partial charge on any atom is 0.225 e. The Hall–Kier alpha value is -2.62. The van der Waals surface area contributed by atoms with E-state index < -0.39 is 0 Å². The summed E-state index contributed by atoms with van der Waals surface area (Å²) in [7, 11) is 0. The standard InChI is InChI=1S/C20H23N3O/c1-4-5-6-19(24)21-20-16-10-9-15(12-18(16)22-23-20)17-11-13(2)7-8-14(17)3/h7-12H,4-6H2,1-3H3,(H2,21,22,23,24). The van der Waals surface area contributed by atoms with E-state index in [0.29, 0.717) is 12.2 Å². The molecule has 0 aliphatic carbocycles. The van der Waals surface area contributed by atoms with Gasteiger partial charge in [0, 0.05) is 11.8 Å². The molecule has 3 rings (SSSR count). The highest BCUT2D eigenvalue weighted by Gasteiger charge is 2.11. The number of amides is 1. The van der Waals surface area contributed by atoms with E-state index in [0.717, 1.165) is 29.3 Å². The molecule has 3 aromatic rings. The van der Waals surface area contributed by atoms with Gasteiger partial charge in [0.1, 0.15) is 0 Å². The smallest absolute Gasteiger partial charge is 0.225 e. The molecule has 0 atom stereocenters. The van der Waals surface area contributed by atoms with Gasteiger partial charge < -0.3 is 5.32 Å². The minimum absolute atomic E-state index is 0.0175. The number of benzene rings is 2. The Balaban J connectivity index is 1.91. The third-order valence-corrected chi connectivity index (χ3v) is 4.28. The Bertz CT molecular complexity index is 880. The van der Waals surface area contributed by atoms with Crippen molar-refractivity contribution in [3.63, 3.8) is 0 Å². The van der Waals surface area contributed by atoms with Crippen LogP contribution < -0.4 is 5.32 Å². The molecule has 1 amide bonds. The molecular weight excluding hydrogens is 298 g/mol. The number of hydrogen-bond acceptors (Lipinski definition) is 2. The van der Waals surface area contributed by atoms with E-state index >= 15 is 0 Å². The molecule has 1 aromatic heterocycles. The predicted octanol–water partition coefficient (Wildman–Crippen LogP) is 4.98. The Morgan fingerprint density at radius 3 is 2.79 bits per heavy atom. The van der Waals surface area contributed by atoms with Gasteiger partial charge in [-0.15, -0.1) is 0 Å². The zero-order valence-electron chi connectivity index (χ0n) is 14.4. The second-order valence-electron chi connectivity index (χ2n) is 6.30. The number of nitrogens with one attached hydrogen (secondary N) is 2. The fourth-order valence-corrected chi connectivity index (χ4v) is 2.86. The molecule has 24 heavy (non-hydrogen) atoms. The zero-order chi connectivity index (χ0) is 17.1. The normalized spacial score (nSPS) is 11.0. The molecule has 4 nitrogen and oxygen atoms in total. The Morgan fingerprint density at radius 1 is 1.17 bits per heavy atom. The predicted molar refractivity (Wildman–Crippen MR) is 99.2 cm³/mol. The number of aromatic amines is 1. The van der Waals surface area contributed by atoms with Crippen LogP contribution in [-0.2, 0) is 4.79 Å². The Morgan fingerprint density at radius 2 is 2.00 bits per heavy atom. The maximum atomic E-state index is 11.9. The fourth-order valence-electron chi connectivity index (χ4n) is 2.86. The van der Waals surface area contributed by atoms with Crippen LogP contribution in [0.5, 0.6) is 0 Å². The van der Waals surface area contributed by atoms with Crippen molar-refractivity contribution in [2.24, 2.45) is 0 Å². The number of nitrogens with zero attached hydrogens (tertiary/aromatic N) is 1. The summed E-state index contributed by atoms with van der Waals surface area (Å²) in [4.78, 5) is 11.9. The number of carbonyl (C=O) groups excluding carboxylic acids is 1. The molecule has 124 valence electrons. The second kappa shape index (κ2) is 6.87. The van der Waals surface area contributed by atoms with Crippen molar-refractivity contribution in [2.45, 2.75) is 40.0 Å². The number of aromatic nitrogens is 2. The lowest BCUT2D eigenvalue weighted by molar-refractivity contribution is -0.116. The van der Waals surface area contributed by atoms with Gasteiger partial charge in [-0.1, -0.05) is 43.2 Å². The summed E-state index contributed by atoms with van der Waals surface area (Å²) >= 11 is 0. The topological polar surface area (TPSA) is 57.8 Å². The summed E-state index contributed by atoms with van der Waals surface area (Å²) in [6.07, 6.45) is 2.43. The van der Waals surface area contributed by atoms with Gasteiger partial charge in [0.2, 0.25) is 5.91 Å². The molecule has 4 heteroatoms. The minimum atomic E-state index is 0.0175. The third-order valence-electron chi connectivity index (χ3n) is 4.28. The van der Waals surface area contributed by atoms with Crippen molar-refractivity contribution < 1.29 is 4.79 Å². The molecular formula is C20H23N3O. The summed E-state index contributed by atoms with van der Waals surface area (Å²) in [6.45, 7) is 6.29. The number of anilines is 1. The molecule has 0 spiro atoms. The molecule has 2 N–H and O–H groups in total. The van der Waals surface area contributed by atoms with Crippen molar-refractivity contribution in [3.8, 4) is 11.1 Å². The highest BCUT2D eigenvalue weighted by atomic mass is 16.1. The lowest BCUT2D eigenvalue weighted by Gasteiger charge is -2.08. The molecule has 0 aliphatic rings. The first-order chi connectivity index (χ1) is 11.6. The molecule has 0 saturated carbocycles. The summed E-state index contributed by atoms with van der Waals surface area (Å²) in [5, 5.41) is 11.1. The molecule has 2 aromatic carbocycles. The van der Waals surface area contributed by atoms with Crippen molar-refractivity contribution >= 4 is 22.6 Å². The van der Waals surface area contributed by atoms with Crippen LogP contribution in [0.15, 0.2) is 36.4 Å². The van der Waals surface area contributed by atoms with Gasteiger partial charge in [-0.2, -0.15) is 5.10 Å². The number of hydrogen-bond donors (Lipinski definition) is 2. The van der Waals surface area contributed by atoms with Crippen molar-refractivity contribution in [2.75, 3.05) is 5.32 Å². The fraction of sp³-hybridized carbons (Fsp3) is 0.300. The van der Waals surface area contributed by atoms with Crippen LogP contribution in [0.4, 0.5) is 5.82 Å². The Labute approximate surface area is 142 Å². The molecule has 0 aliphatic heterocycles. The van der Waals surface area contributed by atoms with Crippen LogP contribution in [0, 0.1) is 13.8 Å². The molecule has 1 heterocycles. The highest BCUT2D eigenvalue weighted by molar-refractivity contribution is 6.00. The van der Waals surface area contributed by atoms with E-state index in [1.165, 1.54) is 16.7 Å². The minimum Gasteiger partial charge on any atom is -0.309 e. The average Bonchev–Trinajstić information content (AvgIpc) is 2.97. The monoisotopic (exact) mass is 321 g/mol. The third kappa shape index (κ3) is 3.32. The highest BCUT2D eigenvalue weighted by Crippen LogP contribution is 2.29. The number of rotatable bonds is 5. The van der Waals surface area contributed by atoms with E-state index in [1.807, 2.05) is 6.07 Å². The van der Waals surface area contributed by atoms with Crippen molar-refractivity contribution in [1.29, 1.82) is 0 Å². The van der Waals surface area contributed by atoms with Crippen LogP contribution in [0.3, 0.4) is 0 Å². The number of fused-ring (bicyclic) bond motifs is 1. The van der Waals surface area contributed by atoms with Crippen molar-refractivity contribution in [3.05, 3.63) is 47.5 Å². The van der Waals surface area contributed by atoms with Crippen LogP contribution in [0.2, 0.25) is 0 Å². The first-order valence-corrected chi connectivity index (χ1v) is 8.44. The second-order valence-corrected chi connectivity index (χ2v) is 6.30. The lowest BCUT2D eigenvalue weighted by Crippen LogP contribution is -2.11. The van der Waals surface area contributed by atoms with Gasteiger partial charge in [-0.3, -0.25) is 9.89 Å². The zero-order valence-corrected chi connectivity index (χ0v) is 14.4. The van der Waals surface area contributed by atoms with E-state index in [1.54, 1.807) is 0 Å². The van der Waals surface area contributed by atoms with E-state index in [2.05, 4.69) is 66.6 Å². The molecule has 0 fully saturated rings. The van der Waals surface area contributed by atoms with Gasteiger partial charge in [0.05, 0.1) is 5.52 Å². The van der Waals surface area contributed by atoms with Gasteiger partial charge in [0.15, 0.2) is 5.82 Å². The van der Waals surface area contributed by atoms with Crippen LogP contribution >= 0.6 is 0 Å². The van der Waals surface area contributed by atoms with Crippen LogP contribution in [0.1, 0.15) is 37.3 Å².